The average molecular weight is 134 g/mol. The molecule has 0 unspecified atom stereocenters. The van der Waals surface area contributed by atoms with Gasteiger partial charge < -0.3 is 9.05 Å². The predicted octanol–water partition coefficient (Wildman–Crippen LogP) is 0.598. The van der Waals surface area contributed by atoms with E-state index >= 15 is 0 Å². The molecule has 0 rings (SSSR count). The molecule has 0 aromatic carbocycles. The molecule has 2 radical (unpaired) electrons. The second-order valence-corrected chi connectivity index (χ2v) is 3.48. The van der Waals surface area contributed by atoms with Crippen molar-refractivity contribution in [1.29, 1.82) is 0 Å². The van der Waals surface area contributed by atoms with Gasteiger partial charge in [-0.15, -0.1) is 0 Å². The topological polar surface area (TPSA) is 35.5 Å². The fourth-order valence-corrected chi connectivity index (χ4v) is 0.671. The van der Waals surface area contributed by atoms with Crippen molar-refractivity contribution in [3.05, 3.63) is 0 Å². The summed E-state index contributed by atoms with van der Waals surface area (Å²) in [4.78, 5) is 0. The normalized spacial score (nSPS) is 11.8. The van der Waals surface area contributed by atoms with Crippen LogP contribution in [0.1, 0.15) is 0 Å². The van der Waals surface area contributed by atoms with Crippen LogP contribution in [0.3, 0.4) is 0 Å². The van der Waals surface area contributed by atoms with Crippen molar-refractivity contribution in [1.82, 2.24) is 0 Å². The first kappa shape index (κ1) is 8.21. The summed E-state index contributed by atoms with van der Waals surface area (Å²) in [5.41, 5.74) is 0. The molecule has 0 aromatic heterocycles. The summed E-state index contributed by atoms with van der Waals surface area (Å²) in [6.45, 7) is 0. The van der Waals surface area contributed by atoms with E-state index in [1.54, 1.807) is 0 Å². The lowest BCUT2D eigenvalue weighted by molar-refractivity contribution is 0.280. The highest BCUT2D eigenvalue weighted by atomic mass is 31.2. The van der Waals surface area contributed by atoms with E-state index in [2.05, 4.69) is 9.05 Å². The molecule has 0 fully saturated rings. The fourth-order valence-electron chi connectivity index (χ4n) is 0.224. The Balaban J connectivity index is 3.79. The van der Waals surface area contributed by atoms with Gasteiger partial charge in [-0.2, -0.15) is 0 Å². The third-order valence-electron chi connectivity index (χ3n) is 0.780. The molecule has 0 aromatic rings. The number of rotatable bonds is 3. The first-order chi connectivity index (χ1) is 3.68. The van der Waals surface area contributed by atoms with Gasteiger partial charge in [0.15, 0.2) is 0 Å². The zero-order valence-corrected chi connectivity index (χ0v) is 5.85. The number of hydrogen-bond donors (Lipinski definition) is 0. The van der Waals surface area contributed by atoms with Crippen LogP contribution in [0.5, 0.6) is 0 Å². The van der Waals surface area contributed by atoms with Gasteiger partial charge in [-0.25, -0.2) is 0 Å². The smallest absolute Gasteiger partial charge is 0.312 e. The van der Waals surface area contributed by atoms with Crippen molar-refractivity contribution >= 4 is 15.4 Å². The Kier molecular flexibility index (Phi) is 3.37. The lowest BCUT2D eigenvalue weighted by Crippen LogP contribution is -1.92. The summed E-state index contributed by atoms with van der Waals surface area (Å²) in [6.07, 6.45) is 0. The van der Waals surface area contributed by atoms with E-state index < -0.39 is 7.60 Å². The van der Waals surface area contributed by atoms with E-state index in [4.69, 9.17) is 7.85 Å². The quantitative estimate of drug-likeness (QED) is 0.418. The van der Waals surface area contributed by atoms with Crippen molar-refractivity contribution < 1.29 is 13.6 Å². The SMILES string of the molecule is [B]CP(=O)(OC)OC. The molecule has 0 bridgehead atoms. The maximum absolute atomic E-state index is 10.8. The van der Waals surface area contributed by atoms with Crippen LogP contribution in [0.2, 0.25) is 0 Å². The highest BCUT2D eigenvalue weighted by molar-refractivity contribution is 7.55. The van der Waals surface area contributed by atoms with Crippen LogP contribution in [0.4, 0.5) is 0 Å². The summed E-state index contributed by atoms with van der Waals surface area (Å²) in [5.74, 6) is 0. The third kappa shape index (κ3) is 1.99. The summed E-state index contributed by atoms with van der Waals surface area (Å²) in [5, 5.41) is 0. The lowest BCUT2D eigenvalue weighted by Gasteiger charge is -2.09. The van der Waals surface area contributed by atoms with Crippen molar-refractivity contribution in [2.75, 3.05) is 20.3 Å². The van der Waals surface area contributed by atoms with E-state index in [1.165, 1.54) is 14.2 Å². The van der Waals surface area contributed by atoms with Gasteiger partial charge in [-0.3, -0.25) is 4.57 Å². The molecular weight excluding hydrogens is 126 g/mol. The maximum atomic E-state index is 10.8. The Hall–Kier alpha value is 0.215. The van der Waals surface area contributed by atoms with Crippen molar-refractivity contribution in [3.63, 3.8) is 0 Å². The molecule has 0 atom stereocenters. The Bertz CT molecular complexity index is 85.7. The van der Waals surface area contributed by atoms with E-state index in [0.29, 0.717) is 0 Å². The molecule has 0 N–H and O–H groups in total. The Morgan fingerprint density at radius 1 is 1.50 bits per heavy atom. The minimum Gasteiger partial charge on any atom is -0.312 e. The summed E-state index contributed by atoms with van der Waals surface area (Å²) >= 11 is 0. The Labute approximate surface area is 50.3 Å². The monoisotopic (exact) mass is 134 g/mol. The molecule has 0 aliphatic rings. The summed E-state index contributed by atoms with van der Waals surface area (Å²) in [6, 6.07) is -0.0694. The molecule has 8 heavy (non-hydrogen) atoms. The van der Waals surface area contributed by atoms with Gasteiger partial charge in [0.2, 0.25) is 0 Å². The molecule has 5 heteroatoms. The molecule has 0 aliphatic carbocycles. The van der Waals surface area contributed by atoms with Crippen molar-refractivity contribution in [2.45, 2.75) is 0 Å². The molecule has 3 nitrogen and oxygen atoms in total. The standard InChI is InChI=1S/C3H8BO3P/c1-6-8(5,3-4)7-2/h3H2,1-2H3. The lowest BCUT2D eigenvalue weighted by atomic mass is 10.2. The van der Waals surface area contributed by atoms with Crippen LogP contribution in [0.25, 0.3) is 0 Å². The summed E-state index contributed by atoms with van der Waals surface area (Å²) in [7, 11) is 4.74. The number of hydrogen-bond acceptors (Lipinski definition) is 3. The molecule has 0 heterocycles. The van der Waals surface area contributed by atoms with Crippen LogP contribution >= 0.6 is 7.60 Å². The van der Waals surface area contributed by atoms with E-state index in [9.17, 15) is 4.57 Å². The highest BCUT2D eigenvalue weighted by Crippen LogP contribution is 2.44. The van der Waals surface area contributed by atoms with Crippen LogP contribution in [0, 0.1) is 0 Å². The molecule has 46 valence electrons. The van der Waals surface area contributed by atoms with Crippen LogP contribution in [-0.4, -0.2) is 28.1 Å². The second-order valence-electron chi connectivity index (χ2n) is 1.16. The predicted molar refractivity (Wildman–Crippen MR) is 32.2 cm³/mol. The first-order valence-corrected chi connectivity index (χ1v) is 3.82. The van der Waals surface area contributed by atoms with Gasteiger partial charge in [0, 0.05) is 20.3 Å². The second kappa shape index (κ2) is 3.28. The zero-order chi connectivity index (χ0) is 6.62. The Morgan fingerprint density at radius 3 is 1.88 bits per heavy atom. The first-order valence-electron chi connectivity index (χ1n) is 2.09. The van der Waals surface area contributed by atoms with Gasteiger partial charge in [-0.1, -0.05) is 0 Å². The third-order valence-corrected chi connectivity index (χ3v) is 2.34. The van der Waals surface area contributed by atoms with Gasteiger partial charge in [0.05, 0.1) is 7.85 Å². The molecule has 0 spiro atoms. The minimum atomic E-state index is -2.88. The van der Waals surface area contributed by atoms with Gasteiger partial charge >= 0.3 is 7.60 Å². The average Bonchev–Trinajstić information content (AvgIpc) is 1.87. The van der Waals surface area contributed by atoms with Gasteiger partial charge in [0.1, 0.15) is 0 Å². The molecular formula is C3H8BO3P. The molecule has 0 aliphatic heterocycles. The molecule has 0 amide bonds. The van der Waals surface area contributed by atoms with Gasteiger partial charge in [-0.05, 0) is 0 Å². The largest absolute Gasteiger partial charge is 0.321 e. The highest BCUT2D eigenvalue weighted by Gasteiger charge is 2.15. The van der Waals surface area contributed by atoms with Crippen molar-refractivity contribution in [2.24, 2.45) is 0 Å². The minimum absolute atomic E-state index is 0.0694. The van der Waals surface area contributed by atoms with E-state index in [-0.39, 0.29) is 6.06 Å². The van der Waals surface area contributed by atoms with Crippen LogP contribution in [-0.2, 0) is 13.6 Å². The molecule has 0 saturated carbocycles. The van der Waals surface area contributed by atoms with Gasteiger partial charge in [0.25, 0.3) is 0 Å². The molecule has 0 saturated heterocycles. The van der Waals surface area contributed by atoms with E-state index in [1.807, 2.05) is 0 Å². The zero-order valence-electron chi connectivity index (χ0n) is 4.96. The van der Waals surface area contributed by atoms with Crippen LogP contribution in [0.15, 0.2) is 0 Å². The fraction of sp³-hybridized carbons (Fsp3) is 1.00. The van der Waals surface area contributed by atoms with Crippen LogP contribution < -0.4 is 0 Å². The van der Waals surface area contributed by atoms with E-state index in [0.717, 1.165) is 0 Å². The maximum Gasteiger partial charge on any atom is 0.321 e. The Morgan fingerprint density at radius 2 is 1.88 bits per heavy atom. The van der Waals surface area contributed by atoms with Crippen molar-refractivity contribution in [3.8, 4) is 0 Å². The summed E-state index contributed by atoms with van der Waals surface area (Å²) < 4.78 is 19.6.